The lowest BCUT2D eigenvalue weighted by atomic mass is 10.0. The summed E-state index contributed by atoms with van der Waals surface area (Å²) >= 11 is 0. The summed E-state index contributed by atoms with van der Waals surface area (Å²) in [6, 6.07) is -0.668. The molecule has 6 N–H and O–H groups in total. The van der Waals surface area contributed by atoms with E-state index in [-0.39, 0.29) is 46.8 Å². The van der Waals surface area contributed by atoms with Crippen LogP contribution in [0.4, 0.5) is 19.0 Å². The molecule has 3 rings (SSSR count). The number of carbonyl (C=O) groups excluding carboxylic acids is 1. The summed E-state index contributed by atoms with van der Waals surface area (Å²) in [6.07, 6.45) is 2.33. The quantitative estimate of drug-likeness (QED) is 0.435. The van der Waals surface area contributed by atoms with Crippen LogP contribution >= 0.6 is 0 Å². The maximum Gasteiger partial charge on any atom is 0.331 e. The highest BCUT2D eigenvalue weighted by atomic mass is 19.3. The molecule has 146 valence electrons. The number of carbonyl (C=O) groups is 1. The average Bonchev–Trinajstić information content (AvgIpc) is 3.02. The number of pyridine rings is 1. The van der Waals surface area contributed by atoms with Gasteiger partial charge in [-0.15, -0.1) is 0 Å². The van der Waals surface area contributed by atoms with Gasteiger partial charge in [-0.25, -0.2) is 14.4 Å². The normalized spacial score (nSPS) is 23.0. The molecule has 0 saturated carbocycles. The van der Waals surface area contributed by atoms with Gasteiger partial charge in [0, 0.05) is 48.8 Å². The largest absolute Gasteiger partial charge is 0.404 e. The highest BCUT2D eigenvalue weighted by molar-refractivity contribution is 6.14. The molecular formula is C16H19F3N6O2. The van der Waals surface area contributed by atoms with Gasteiger partial charge in [-0.3, -0.25) is 4.79 Å². The zero-order valence-electron chi connectivity index (χ0n) is 14.2. The number of alkyl halides is 2. The second kappa shape index (κ2) is 7.92. The summed E-state index contributed by atoms with van der Waals surface area (Å²) in [7, 11) is 0. The number of hydrogen-bond acceptors (Lipinski definition) is 7. The Kier molecular flexibility index (Phi) is 5.61. The van der Waals surface area contributed by atoms with Gasteiger partial charge in [0.05, 0.1) is 17.9 Å². The van der Waals surface area contributed by atoms with E-state index in [1.54, 1.807) is 0 Å². The molecule has 2 atom stereocenters. The minimum Gasteiger partial charge on any atom is -0.404 e. The van der Waals surface area contributed by atoms with Crippen molar-refractivity contribution in [1.29, 1.82) is 0 Å². The van der Waals surface area contributed by atoms with Crippen LogP contribution in [0.15, 0.2) is 11.2 Å². The summed E-state index contributed by atoms with van der Waals surface area (Å²) in [5.41, 5.74) is 11.5. The molecule has 1 aromatic rings. The Labute approximate surface area is 152 Å². The number of nitrogens with zero attached hydrogens (tertiary/aromatic N) is 2. The lowest BCUT2D eigenvalue weighted by Crippen LogP contribution is -2.48. The number of rotatable bonds is 5. The smallest absolute Gasteiger partial charge is 0.331 e. The van der Waals surface area contributed by atoms with Gasteiger partial charge in [0.15, 0.2) is 11.6 Å². The first kappa shape index (κ1) is 19.1. The lowest BCUT2D eigenvalue weighted by Gasteiger charge is -2.30. The van der Waals surface area contributed by atoms with Crippen molar-refractivity contribution in [2.75, 3.05) is 18.5 Å². The van der Waals surface area contributed by atoms with E-state index in [1.807, 2.05) is 0 Å². The zero-order valence-corrected chi connectivity index (χ0v) is 14.2. The number of nitrogens with one attached hydrogen (secondary N) is 2. The fraction of sp³-hybridized carbons (Fsp3) is 0.438. The van der Waals surface area contributed by atoms with E-state index in [0.717, 1.165) is 12.4 Å². The van der Waals surface area contributed by atoms with Gasteiger partial charge >= 0.3 is 6.55 Å². The van der Waals surface area contributed by atoms with Crippen molar-refractivity contribution in [2.45, 2.75) is 31.6 Å². The third kappa shape index (κ3) is 3.88. The first-order valence-electron chi connectivity index (χ1n) is 8.26. The number of hydrogen-bond donors (Lipinski definition) is 4. The van der Waals surface area contributed by atoms with E-state index in [4.69, 9.17) is 16.2 Å². The molecule has 0 radical (unpaired) electrons. The molecule has 1 amide bonds. The van der Waals surface area contributed by atoms with Gasteiger partial charge in [0.2, 0.25) is 0 Å². The number of fused-ring (bicyclic) bond motifs is 1. The number of allylic oxidation sites excluding steroid dienone is 1. The number of aromatic nitrogens is 1. The number of aliphatic imine (C=N–C) groups is 1. The summed E-state index contributed by atoms with van der Waals surface area (Å²) in [5, 5.41) is 5.43. The lowest BCUT2D eigenvalue weighted by molar-refractivity contribution is 0.0751. The van der Waals surface area contributed by atoms with E-state index in [0.29, 0.717) is 19.6 Å². The number of anilines is 1. The first-order valence-corrected chi connectivity index (χ1v) is 8.26. The summed E-state index contributed by atoms with van der Waals surface area (Å²) in [5.74, 6) is -1.40. The second-order valence-corrected chi connectivity index (χ2v) is 6.12. The van der Waals surface area contributed by atoms with Crippen LogP contribution in [0, 0.1) is 5.82 Å². The van der Waals surface area contributed by atoms with Crippen molar-refractivity contribution in [3.63, 3.8) is 0 Å². The highest BCUT2D eigenvalue weighted by Gasteiger charge is 2.32. The summed E-state index contributed by atoms with van der Waals surface area (Å²) in [4.78, 5) is 19.2. The minimum atomic E-state index is -2.96. The van der Waals surface area contributed by atoms with Crippen LogP contribution < -0.4 is 22.1 Å². The summed E-state index contributed by atoms with van der Waals surface area (Å²) < 4.78 is 45.0. The van der Waals surface area contributed by atoms with Crippen LogP contribution in [0.3, 0.4) is 0 Å². The van der Waals surface area contributed by atoms with Crippen LogP contribution in [0.1, 0.15) is 28.0 Å². The molecule has 0 bridgehead atoms. The minimum absolute atomic E-state index is 0.0251. The predicted octanol–water partition coefficient (Wildman–Crippen LogP) is 0.585. The Morgan fingerprint density at radius 1 is 1.48 bits per heavy atom. The third-order valence-corrected chi connectivity index (χ3v) is 4.39. The second-order valence-electron chi connectivity index (χ2n) is 6.12. The van der Waals surface area contributed by atoms with Gasteiger partial charge in [-0.1, -0.05) is 0 Å². The Morgan fingerprint density at radius 3 is 2.93 bits per heavy atom. The van der Waals surface area contributed by atoms with Crippen molar-refractivity contribution < 1.29 is 22.7 Å². The van der Waals surface area contributed by atoms with Crippen molar-refractivity contribution in [3.8, 4) is 0 Å². The van der Waals surface area contributed by atoms with Crippen molar-refractivity contribution in [2.24, 2.45) is 16.5 Å². The topological polar surface area (TPSA) is 128 Å². The van der Waals surface area contributed by atoms with Crippen molar-refractivity contribution in [1.82, 2.24) is 10.3 Å². The van der Waals surface area contributed by atoms with Gasteiger partial charge in [-0.05, 0) is 6.42 Å². The van der Waals surface area contributed by atoms with Crippen molar-refractivity contribution >= 4 is 23.5 Å². The molecule has 2 aliphatic heterocycles. The fourth-order valence-electron chi connectivity index (χ4n) is 3.02. The predicted molar refractivity (Wildman–Crippen MR) is 92.8 cm³/mol. The van der Waals surface area contributed by atoms with Gasteiger partial charge < -0.3 is 26.8 Å². The van der Waals surface area contributed by atoms with E-state index in [9.17, 15) is 18.0 Å². The summed E-state index contributed by atoms with van der Waals surface area (Å²) in [6.45, 7) is -2.24. The molecule has 1 saturated heterocycles. The average molecular weight is 384 g/mol. The number of nitrogens with two attached hydrogens (primary N) is 2. The van der Waals surface area contributed by atoms with Crippen LogP contribution in [0.25, 0.3) is 5.57 Å². The standard InChI is InChI=1S/C16H19F3N6O2/c17-12-8-5-22-15(26)11(8)13(7(3-20)4-23-16(18)19)25-14(12)24-10-1-2-27-6-9(10)21/h3-4,9-10,16H,1-2,5-6,20-21H2,(H,22,26)(H,24,25)/t9-,10?/m0/s1. The molecular weight excluding hydrogens is 365 g/mol. The Morgan fingerprint density at radius 2 is 2.26 bits per heavy atom. The highest BCUT2D eigenvalue weighted by Crippen LogP contribution is 2.30. The Bertz CT molecular complexity index is 799. The van der Waals surface area contributed by atoms with Crippen molar-refractivity contribution in [3.05, 3.63) is 28.8 Å². The SMILES string of the molecule is NC=C(C=NC(F)F)c1nc(NC2CCOC[C@@H]2N)c(F)c2c1C(=O)NC2. The molecule has 0 spiro atoms. The van der Waals surface area contributed by atoms with E-state index in [1.165, 1.54) is 0 Å². The zero-order chi connectivity index (χ0) is 19.6. The third-order valence-electron chi connectivity index (χ3n) is 4.39. The molecule has 1 aromatic heterocycles. The monoisotopic (exact) mass is 384 g/mol. The Balaban J connectivity index is 2.04. The molecule has 0 aliphatic carbocycles. The fourth-order valence-corrected chi connectivity index (χ4v) is 3.02. The van der Waals surface area contributed by atoms with E-state index < -0.39 is 18.3 Å². The van der Waals surface area contributed by atoms with Crippen LogP contribution in [0.5, 0.6) is 0 Å². The van der Waals surface area contributed by atoms with E-state index in [2.05, 4.69) is 20.6 Å². The van der Waals surface area contributed by atoms with Gasteiger partial charge in [0.25, 0.3) is 5.91 Å². The van der Waals surface area contributed by atoms with E-state index >= 15 is 0 Å². The Hall–Kier alpha value is -2.66. The molecule has 0 aromatic carbocycles. The number of amides is 1. The van der Waals surface area contributed by atoms with Crippen LogP contribution in [0.2, 0.25) is 0 Å². The molecule has 1 fully saturated rings. The molecule has 1 unspecified atom stereocenters. The van der Waals surface area contributed by atoms with Gasteiger partial charge in [-0.2, -0.15) is 8.78 Å². The maximum atomic E-state index is 14.9. The van der Waals surface area contributed by atoms with Crippen LogP contribution in [-0.4, -0.2) is 49.0 Å². The molecule has 2 aliphatic rings. The first-order chi connectivity index (χ1) is 12.9. The number of ether oxygens (including phenoxy) is 1. The number of halogens is 3. The molecule has 3 heterocycles. The van der Waals surface area contributed by atoms with Gasteiger partial charge in [0.1, 0.15) is 0 Å². The molecule has 27 heavy (non-hydrogen) atoms. The molecule has 8 nitrogen and oxygen atoms in total. The molecule has 11 heteroatoms. The van der Waals surface area contributed by atoms with Crippen LogP contribution in [-0.2, 0) is 11.3 Å². The maximum absolute atomic E-state index is 14.9.